The molecule has 0 amide bonds. The topological polar surface area (TPSA) is 172 Å². The van der Waals surface area contributed by atoms with Crippen molar-refractivity contribution < 1.29 is 57.9 Å². The van der Waals surface area contributed by atoms with Crippen LogP contribution in [0.25, 0.3) is 0 Å². The van der Waals surface area contributed by atoms with Crippen LogP contribution in [-0.4, -0.2) is 95.8 Å². The van der Waals surface area contributed by atoms with Crippen molar-refractivity contribution in [3.8, 4) is 0 Å². The molecule has 12 nitrogen and oxygen atoms in total. The Morgan fingerprint density at radius 1 is 0.922 bits per heavy atom. The summed E-state index contributed by atoms with van der Waals surface area (Å²) in [6.07, 6.45) is -9.05. The van der Waals surface area contributed by atoms with Crippen LogP contribution in [0.4, 0.5) is 0 Å². The van der Waals surface area contributed by atoms with Crippen LogP contribution < -0.4 is 0 Å². The summed E-state index contributed by atoms with van der Waals surface area (Å²) in [4.78, 5) is 68.8. The highest BCUT2D eigenvalue weighted by molar-refractivity contribution is 6.76. The first-order valence-electron chi connectivity index (χ1n) is 15.6. The number of ketones is 1. The highest BCUT2D eigenvalue weighted by atomic mass is 35.6. The Labute approximate surface area is 322 Å². The van der Waals surface area contributed by atoms with Crippen LogP contribution in [0, 0.1) is 16.7 Å². The van der Waals surface area contributed by atoms with E-state index in [2.05, 4.69) is 0 Å². The number of aliphatic hydroxyl groups excluding tert-OH is 1. The standard InChI is InChI=1S/C33H34Cl6O12/c1-14-17(41)12-31(46)24(50-25(43)16-9-7-6-8-10-16)22-29(5,23(42)21(20(14)28(31,3)4)49-27(45)33(37,38)39)18(48-26(44)32(34,35)36)11-19-30(22,13-47-19)51-15(2)40/h6-10,17-19,21-22,24,41,46H,11-13H2,1-5H3/t17-,18-,19?,21+,22-,24-,29+,30-,31+/m0/s1. The number of halogens is 6. The van der Waals surface area contributed by atoms with E-state index in [1.807, 2.05) is 0 Å². The number of benzene rings is 1. The molecule has 2 saturated carbocycles. The highest BCUT2D eigenvalue weighted by Crippen LogP contribution is 2.65. The van der Waals surface area contributed by atoms with Crippen LogP contribution in [0.1, 0.15) is 57.8 Å². The number of carbonyl (C=O) groups excluding carboxylic acids is 5. The summed E-state index contributed by atoms with van der Waals surface area (Å²) in [6, 6.07) is 7.70. The summed E-state index contributed by atoms with van der Waals surface area (Å²) in [5.74, 6) is -7.41. The summed E-state index contributed by atoms with van der Waals surface area (Å²) in [7, 11) is 0. The highest BCUT2D eigenvalue weighted by Gasteiger charge is 2.79. The van der Waals surface area contributed by atoms with Gasteiger partial charge in [0, 0.05) is 25.2 Å². The lowest BCUT2D eigenvalue weighted by atomic mass is 9.44. The second-order valence-corrected chi connectivity index (χ2v) is 18.5. The lowest BCUT2D eigenvalue weighted by molar-refractivity contribution is -0.346. The Morgan fingerprint density at radius 2 is 1.49 bits per heavy atom. The number of rotatable bonds is 5. The molecule has 1 heterocycles. The molecule has 0 aromatic heterocycles. The molecule has 18 heteroatoms. The predicted molar refractivity (Wildman–Crippen MR) is 183 cm³/mol. The third-order valence-corrected chi connectivity index (χ3v) is 11.8. The van der Waals surface area contributed by atoms with Crippen molar-refractivity contribution in [1.82, 2.24) is 0 Å². The third-order valence-electron chi connectivity index (χ3n) is 10.8. The van der Waals surface area contributed by atoms with Gasteiger partial charge in [-0.1, -0.05) is 102 Å². The summed E-state index contributed by atoms with van der Waals surface area (Å²) in [5.41, 5.74) is -8.12. The molecular formula is C33H34Cl6O12. The van der Waals surface area contributed by atoms with Crippen LogP contribution in [-0.2, 0) is 42.9 Å². The van der Waals surface area contributed by atoms with Crippen LogP contribution in [0.2, 0.25) is 0 Å². The van der Waals surface area contributed by atoms with Gasteiger partial charge < -0.3 is 33.9 Å². The maximum absolute atomic E-state index is 15.5. The number of ether oxygens (including phenoxy) is 5. The SMILES string of the molecule is CC(=O)O[C@@]12COC1C[C@H](OC(=O)C(Cl)(Cl)Cl)[C@@]1(C)C(=O)[C@H](OC(=O)C(Cl)(Cl)Cl)C3=C(C)[C@@H](O)C[C@@](O)([C@@H](OC(=O)c4ccccc4)[C@@H]12)C3(C)C. The van der Waals surface area contributed by atoms with Gasteiger partial charge in [0.2, 0.25) is 0 Å². The summed E-state index contributed by atoms with van der Waals surface area (Å²) < 4.78 is 24.1. The molecule has 280 valence electrons. The maximum atomic E-state index is 15.5. The molecule has 1 aromatic carbocycles. The third kappa shape index (κ3) is 6.54. The average molecular weight is 835 g/mol. The minimum absolute atomic E-state index is 0.0460. The van der Waals surface area contributed by atoms with E-state index in [9.17, 15) is 29.4 Å². The number of hydrogen-bond acceptors (Lipinski definition) is 12. The van der Waals surface area contributed by atoms with E-state index in [-0.39, 0.29) is 29.7 Å². The zero-order valence-electron chi connectivity index (χ0n) is 27.7. The molecule has 4 aliphatic rings. The second kappa shape index (κ2) is 13.5. The largest absolute Gasteiger partial charge is 0.458 e. The van der Waals surface area contributed by atoms with E-state index < -0.39 is 102 Å². The van der Waals surface area contributed by atoms with Gasteiger partial charge in [-0.05, 0) is 37.1 Å². The summed E-state index contributed by atoms with van der Waals surface area (Å²) >= 11 is 35.4. The van der Waals surface area contributed by atoms with Gasteiger partial charge in [0.1, 0.15) is 23.9 Å². The van der Waals surface area contributed by atoms with Crippen LogP contribution in [0.5, 0.6) is 0 Å². The zero-order valence-corrected chi connectivity index (χ0v) is 32.3. The maximum Gasteiger partial charge on any atom is 0.359 e. The van der Waals surface area contributed by atoms with Crippen molar-refractivity contribution in [2.45, 2.75) is 96.8 Å². The van der Waals surface area contributed by atoms with Gasteiger partial charge in [0.05, 0.1) is 29.6 Å². The number of esters is 4. The fourth-order valence-corrected chi connectivity index (χ4v) is 8.53. The van der Waals surface area contributed by atoms with Crippen LogP contribution in [0.3, 0.4) is 0 Å². The van der Waals surface area contributed by atoms with E-state index in [4.69, 9.17) is 93.3 Å². The molecular weight excluding hydrogens is 801 g/mol. The molecule has 9 atom stereocenters. The molecule has 1 unspecified atom stereocenters. The van der Waals surface area contributed by atoms with Crippen molar-refractivity contribution in [1.29, 1.82) is 0 Å². The summed E-state index contributed by atoms with van der Waals surface area (Å²) in [5, 5.41) is 24.7. The second-order valence-electron chi connectivity index (χ2n) is 13.9. The number of hydrogen-bond donors (Lipinski definition) is 2. The zero-order chi connectivity index (χ0) is 38.3. The molecule has 3 fully saturated rings. The quantitative estimate of drug-likeness (QED) is 0.178. The van der Waals surface area contributed by atoms with E-state index in [1.165, 1.54) is 39.8 Å². The minimum atomic E-state index is -2.71. The van der Waals surface area contributed by atoms with Gasteiger partial charge in [-0.15, -0.1) is 0 Å². The molecule has 2 N–H and O–H groups in total. The Morgan fingerprint density at radius 3 is 2.00 bits per heavy atom. The molecule has 0 radical (unpaired) electrons. The summed E-state index contributed by atoms with van der Waals surface area (Å²) in [6.45, 7) is 6.45. The van der Waals surface area contributed by atoms with Crippen molar-refractivity contribution in [2.75, 3.05) is 6.61 Å². The first-order chi connectivity index (χ1) is 23.3. The number of Topliss-reactive ketones (excluding diaryl/α,β-unsaturated/α-hetero) is 1. The molecule has 0 spiro atoms. The van der Waals surface area contributed by atoms with Crippen LogP contribution in [0.15, 0.2) is 41.5 Å². The van der Waals surface area contributed by atoms with E-state index >= 15 is 4.79 Å². The number of fused-ring (bicyclic) bond motifs is 5. The average Bonchev–Trinajstić information content (AvgIpc) is 3.01. The number of alkyl halides is 6. The van der Waals surface area contributed by atoms with Crippen LogP contribution >= 0.6 is 69.6 Å². The Hall–Kier alpha value is -1.87. The Balaban J connectivity index is 1.88. The lowest BCUT2D eigenvalue weighted by Gasteiger charge is -2.67. The molecule has 1 aliphatic heterocycles. The fourth-order valence-electron chi connectivity index (χ4n) is 8.26. The van der Waals surface area contributed by atoms with E-state index in [0.29, 0.717) is 0 Å². The monoisotopic (exact) mass is 832 g/mol. The molecule has 2 bridgehead atoms. The van der Waals surface area contributed by atoms with Gasteiger partial charge >= 0.3 is 23.9 Å². The molecule has 1 aromatic rings. The molecule has 51 heavy (non-hydrogen) atoms. The number of carbonyl (C=O) groups is 5. The van der Waals surface area contributed by atoms with Crippen molar-refractivity contribution >= 4 is 99.3 Å². The van der Waals surface area contributed by atoms with Gasteiger partial charge in [0.25, 0.3) is 7.59 Å². The van der Waals surface area contributed by atoms with E-state index in [1.54, 1.807) is 18.2 Å². The van der Waals surface area contributed by atoms with Crippen molar-refractivity contribution in [3.63, 3.8) is 0 Å². The minimum Gasteiger partial charge on any atom is -0.458 e. The lowest BCUT2D eigenvalue weighted by Crippen LogP contribution is -2.82. The molecule has 3 aliphatic carbocycles. The van der Waals surface area contributed by atoms with Crippen molar-refractivity contribution in [3.05, 3.63) is 47.0 Å². The normalized spacial score (nSPS) is 35.9. The Kier molecular flexibility index (Phi) is 10.6. The smallest absolute Gasteiger partial charge is 0.359 e. The van der Waals surface area contributed by atoms with Gasteiger partial charge in [0.15, 0.2) is 17.5 Å². The predicted octanol–water partition coefficient (Wildman–Crippen LogP) is 4.92. The first-order valence-corrected chi connectivity index (χ1v) is 17.9. The first kappa shape index (κ1) is 40.3. The number of aliphatic hydroxyl groups is 2. The van der Waals surface area contributed by atoms with Gasteiger partial charge in [-0.3, -0.25) is 9.59 Å². The van der Waals surface area contributed by atoms with Gasteiger partial charge in [-0.25, -0.2) is 14.4 Å². The Bertz CT molecular complexity index is 1670. The molecule has 1 saturated heterocycles. The van der Waals surface area contributed by atoms with E-state index in [0.717, 1.165) is 6.92 Å². The fraction of sp³-hybridized carbons (Fsp3) is 0.606. The molecule has 5 rings (SSSR count). The van der Waals surface area contributed by atoms with Gasteiger partial charge in [-0.2, -0.15) is 0 Å². The van der Waals surface area contributed by atoms with Crippen molar-refractivity contribution in [2.24, 2.45) is 16.7 Å².